The minimum atomic E-state index is -0.00277. The Labute approximate surface area is 194 Å². The van der Waals surface area contributed by atoms with Crippen LogP contribution in [0.5, 0.6) is 0 Å². The highest BCUT2D eigenvalue weighted by Gasteiger charge is 2.44. The number of hydrogen-bond donors (Lipinski definition) is 0. The van der Waals surface area contributed by atoms with Gasteiger partial charge in [-0.15, -0.1) is 0 Å². The number of benzene rings is 2. The Hall–Kier alpha value is -0.480. The summed E-state index contributed by atoms with van der Waals surface area (Å²) in [7, 11) is 0. The molecule has 0 bridgehead atoms. The van der Waals surface area contributed by atoms with Gasteiger partial charge in [-0.2, -0.15) is 0 Å². The lowest BCUT2D eigenvalue weighted by atomic mass is 9.92. The van der Waals surface area contributed by atoms with Crippen molar-refractivity contribution in [3.63, 3.8) is 0 Å². The van der Waals surface area contributed by atoms with Crippen LogP contribution in [0, 0.1) is 0 Å². The summed E-state index contributed by atoms with van der Waals surface area (Å²) in [5.74, 6) is 0. The summed E-state index contributed by atoms with van der Waals surface area (Å²) in [6.45, 7) is 7.22. The molecule has 2 atom stereocenters. The van der Waals surface area contributed by atoms with Crippen molar-refractivity contribution in [2.45, 2.75) is 51.6 Å². The highest BCUT2D eigenvalue weighted by Crippen LogP contribution is 2.51. The third-order valence-electron chi connectivity index (χ3n) is 5.64. The van der Waals surface area contributed by atoms with E-state index in [2.05, 4.69) is 23.6 Å². The summed E-state index contributed by atoms with van der Waals surface area (Å²) in [5.41, 5.74) is 1.93. The van der Waals surface area contributed by atoms with Gasteiger partial charge in [0.1, 0.15) is 0 Å². The van der Waals surface area contributed by atoms with E-state index in [1.54, 1.807) is 0 Å². The predicted octanol–water partition coefficient (Wildman–Crippen LogP) is 8.26. The van der Waals surface area contributed by atoms with Crippen LogP contribution < -0.4 is 0 Å². The fourth-order valence-corrected chi connectivity index (χ4v) is 5.46. The third-order valence-corrected chi connectivity index (χ3v) is 6.96. The predicted molar refractivity (Wildman–Crippen MR) is 127 cm³/mol. The van der Waals surface area contributed by atoms with Gasteiger partial charge in [0.25, 0.3) is 0 Å². The smallest absolute Gasteiger partial charge is 0.0588 e. The second kappa shape index (κ2) is 10.7. The van der Waals surface area contributed by atoms with E-state index in [1.165, 1.54) is 0 Å². The molecule has 1 aliphatic heterocycles. The Morgan fingerprint density at radius 2 is 1.03 bits per heavy atom. The number of rotatable bonds is 8. The zero-order valence-electron chi connectivity index (χ0n) is 17.0. The van der Waals surface area contributed by atoms with Crippen LogP contribution in [0.15, 0.2) is 36.4 Å². The fourth-order valence-electron chi connectivity index (χ4n) is 4.22. The highest BCUT2D eigenvalue weighted by atomic mass is 35.5. The molecule has 0 aromatic heterocycles. The van der Waals surface area contributed by atoms with E-state index < -0.39 is 0 Å². The average Bonchev–Trinajstić information content (AvgIpc) is 3.02. The molecule has 2 aromatic carbocycles. The van der Waals surface area contributed by atoms with Gasteiger partial charge in [-0.3, -0.25) is 9.80 Å². The molecule has 0 aliphatic carbocycles. The van der Waals surface area contributed by atoms with Crippen LogP contribution in [0.1, 0.15) is 62.7 Å². The molecule has 29 heavy (non-hydrogen) atoms. The van der Waals surface area contributed by atoms with Gasteiger partial charge in [-0.25, -0.2) is 0 Å². The molecule has 1 aliphatic rings. The zero-order valence-corrected chi connectivity index (χ0v) is 20.0. The van der Waals surface area contributed by atoms with Crippen LogP contribution in [-0.2, 0) is 0 Å². The van der Waals surface area contributed by atoms with E-state index in [-0.39, 0.29) is 12.1 Å². The topological polar surface area (TPSA) is 6.48 Å². The van der Waals surface area contributed by atoms with E-state index in [0.29, 0.717) is 20.1 Å². The largest absolute Gasteiger partial charge is 0.281 e. The molecule has 1 saturated heterocycles. The maximum Gasteiger partial charge on any atom is 0.0588 e. The van der Waals surface area contributed by atoms with Crippen molar-refractivity contribution in [2.24, 2.45) is 0 Å². The van der Waals surface area contributed by atoms with Crippen molar-refractivity contribution in [1.29, 1.82) is 0 Å². The first-order chi connectivity index (χ1) is 14.0. The Morgan fingerprint density at radius 1 is 0.690 bits per heavy atom. The van der Waals surface area contributed by atoms with Crippen LogP contribution in [0.2, 0.25) is 20.1 Å². The molecule has 2 nitrogen and oxygen atoms in total. The molecule has 158 valence electrons. The van der Waals surface area contributed by atoms with Gasteiger partial charge in [0, 0.05) is 44.3 Å². The van der Waals surface area contributed by atoms with Crippen LogP contribution in [-0.4, -0.2) is 29.6 Å². The van der Waals surface area contributed by atoms with Crippen molar-refractivity contribution in [1.82, 2.24) is 9.80 Å². The van der Waals surface area contributed by atoms with Crippen molar-refractivity contribution in [2.75, 3.05) is 19.8 Å². The number of nitrogens with zero attached hydrogens (tertiary/aromatic N) is 2. The quantitative estimate of drug-likeness (QED) is 0.380. The van der Waals surface area contributed by atoms with Gasteiger partial charge in [0.2, 0.25) is 0 Å². The molecule has 0 radical (unpaired) electrons. The Balaban J connectivity index is 2.16. The molecule has 0 saturated carbocycles. The van der Waals surface area contributed by atoms with Crippen LogP contribution >= 0.6 is 46.4 Å². The van der Waals surface area contributed by atoms with E-state index in [1.807, 2.05) is 36.4 Å². The van der Waals surface area contributed by atoms with Crippen LogP contribution in [0.3, 0.4) is 0 Å². The molecule has 1 fully saturated rings. The summed E-state index contributed by atoms with van der Waals surface area (Å²) in [5, 5.41) is 2.76. The maximum atomic E-state index is 6.70. The molecule has 1 heterocycles. The molecule has 3 rings (SSSR count). The number of hydrogen-bond acceptors (Lipinski definition) is 2. The maximum absolute atomic E-state index is 6.70. The second-order valence-electron chi connectivity index (χ2n) is 7.63. The van der Waals surface area contributed by atoms with Crippen LogP contribution in [0.4, 0.5) is 0 Å². The molecule has 0 amide bonds. The molecule has 2 aromatic rings. The minimum absolute atomic E-state index is 0.00277. The Bertz CT molecular complexity index is 719. The first-order valence-corrected chi connectivity index (χ1v) is 11.9. The van der Waals surface area contributed by atoms with E-state index in [0.717, 1.165) is 56.6 Å². The highest BCUT2D eigenvalue weighted by molar-refractivity contribution is 6.37. The monoisotopic (exact) mass is 472 g/mol. The lowest BCUT2D eigenvalue weighted by molar-refractivity contribution is 0.214. The SMILES string of the molecule is CCCCN1CN(CCCC)C(c2c(Cl)cccc2Cl)C1c1c(Cl)cccc1Cl. The van der Waals surface area contributed by atoms with Crippen molar-refractivity contribution < 1.29 is 0 Å². The van der Waals surface area contributed by atoms with Crippen molar-refractivity contribution in [3.8, 4) is 0 Å². The summed E-state index contributed by atoms with van der Waals surface area (Å²) in [6.07, 6.45) is 4.49. The first kappa shape index (κ1) is 23.2. The lowest BCUT2D eigenvalue weighted by Crippen LogP contribution is -2.28. The molecule has 0 spiro atoms. The average molecular weight is 474 g/mol. The summed E-state index contributed by atoms with van der Waals surface area (Å²) < 4.78 is 0. The van der Waals surface area contributed by atoms with Crippen LogP contribution in [0.25, 0.3) is 0 Å². The van der Waals surface area contributed by atoms with Gasteiger partial charge in [-0.05, 0) is 37.1 Å². The fraction of sp³-hybridized carbons (Fsp3) is 0.478. The Kier molecular flexibility index (Phi) is 8.56. The van der Waals surface area contributed by atoms with Crippen molar-refractivity contribution in [3.05, 3.63) is 67.6 Å². The lowest BCUT2D eigenvalue weighted by Gasteiger charge is -2.32. The van der Waals surface area contributed by atoms with E-state index in [4.69, 9.17) is 46.4 Å². The molecular weight excluding hydrogens is 446 g/mol. The summed E-state index contributed by atoms with van der Waals surface area (Å²) >= 11 is 26.8. The zero-order chi connectivity index (χ0) is 21.0. The summed E-state index contributed by atoms with van der Waals surface area (Å²) in [4.78, 5) is 4.97. The molecule has 2 unspecified atom stereocenters. The molecule has 6 heteroatoms. The van der Waals surface area contributed by atoms with Gasteiger partial charge >= 0.3 is 0 Å². The molecular formula is C23H28Cl4N2. The van der Waals surface area contributed by atoms with E-state index >= 15 is 0 Å². The first-order valence-electron chi connectivity index (χ1n) is 10.4. The second-order valence-corrected chi connectivity index (χ2v) is 9.26. The van der Waals surface area contributed by atoms with Crippen molar-refractivity contribution >= 4 is 46.4 Å². The number of unbranched alkanes of at least 4 members (excludes halogenated alkanes) is 2. The third kappa shape index (κ3) is 5.06. The standard InChI is InChI=1S/C23H28Cl4N2/c1-3-5-13-28-15-29(14-6-4-2)23(21-18(26)11-8-12-19(21)27)22(28)20-16(24)9-7-10-17(20)25/h7-12,22-23H,3-6,13-15H2,1-2H3. The Morgan fingerprint density at radius 3 is 1.34 bits per heavy atom. The minimum Gasteiger partial charge on any atom is -0.281 e. The van der Waals surface area contributed by atoms with Gasteiger partial charge < -0.3 is 0 Å². The normalized spacial score (nSPS) is 20.5. The number of halogens is 4. The van der Waals surface area contributed by atoms with Gasteiger partial charge in [-0.1, -0.05) is 85.2 Å². The van der Waals surface area contributed by atoms with E-state index in [9.17, 15) is 0 Å². The summed E-state index contributed by atoms with van der Waals surface area (Å²) in [6, 6.07) is 11.5. The molecule has 0 N–H and O–H groups in total. The van der Waals surface area contributed by atoms with Gasteiger partial charge in [0.15, 0.2) is 0 Å². The van der Waals surface area contributed by atoms with Gasteiger partial charge in [0.05, 0.1) is 18.8 Å².